The summed E-state index contributed by atoms with van der Waals surface area (Å²) < 4.78 is 5.69. The lowest BCUT2D eigenvalue weighted by Gasteiger charge is -2.14. The van der Waals surface area contributed by atoms with Gasteiger partial charge in [0.15, 0.2) is 0 Å². The maximum atomic E-state index is 12.1. The Morgan fingerprint density at radius 1 is 1.20 bits per heavy atom. The number of benzene rings is 2. The summed E-state index contributed by atoms with van der Waals surface area (Å²) in [4.78, 5) is 12.1. The van der Waals surface area contributed by atoms with Crippen LogP contribution in [0.15, 0.2) is 48.5 Å². The number of anilines is 1. The zero-order chi connectivity index (χ0) is 18.1. The van der Waals surface area contributed by atoms with E-state index in [4.69, 9.17) is 9.84 Å². The fourth-order valence-electron chi connectivity index (χ4n) is 2.35. The molecular weight excluding hydrogens is 316 g/mol. The van der Waals surface area contributed by atoms with Crippen molar-refractivity contribution in [3.05, 3.63) is 59.7 Å². The van der Waals surface area contributed by atoms with E-state index in [1.165, 1.54) is 5.56 Å². The Labute approximate surface area is 149 Å². The van der Waals surface area contributed by atoms with Crippen LogP contribution in [0.5, 0.6) is 5.75 Å². The van der Waals surface area contributed by atoms with Crippen molar-refractivity contribution in [2.45, 2.75) is 26.3 Å². The van der Waals surface area contributed by atoms with Gasteiger partial charge in [0.1, 0.15) is 12.4 Å². The van der Waals surface area contributed by atoms with Crippen LogP contribution in [0.25, 0.3) is 0 Å². The third kappa shape index (κ3) is 6.12. The summed E-state index contributed by atoms with van der Waals surface area (Å²) in [6.45, 7) is 5.13. The fraction of sp³-hybridized carbons (Fsp3) is 0.350. The highest BCUT2D eigenvalue weighted by atomic mass is 16.5. The van der Waals surface area contributed by atoms with Gasteiger partial charge in [-0.15, -0.1) is 0 Å². The zero-order valence-electron chi connectivity index (χ0n) is 14.8. The molecule has 0 aromatic heterocycles. The van der Waals surface area contributed by atoms with Gasteiger partial charge in [-0.25, -0.2) is 0 Å². The van der Waals surface area contributed by atoms with E-state index in [9.17, 15) is 4.79 Å². The Kier molecular flexibility index (Phi) is 7.29. The summed E-state index contributed by atoms with van der Waals surface area (Å²) in [5.41, 5.74) is 2.68. The molecule has 0 fully saturated rings. The van der Waals surface area contributed by atoms with E-state index >= 15 is 0 Å². The van der Waals surface area contributed by atoms with Crippen molar-refractivity contribution in [2.75, 3.05) is 25.1 Å². The average molecular weight is 342 g/mol. The topological polar surface area (TPSA) is 70.6 Å². The van der Waals surface area contributed by atoms with Gasteiger partial charge in [-0.1, -0.05) is 19.1 Å². The lowest BCUT2D eigenvalue weighted by molar-refractivity contribution is 0.0915. The number of hydrogen-bond donors (Lipinski definition) is 3. The van der Waals surface area contributed by atoms with Gasteiger partial charge in [0.2, 0.25) is 0 Å². The number of carbonyl (C=O) groups excluding carboxylic acids is 1. The summed E-state index contributed by atoms with van der Waals surface area (Å²) >= 11 is 0. The average Bonchev–Trinajstić information content (AvgIpc) is 2.63. The quantitative estimate of drug-likeness (QED) is 0.613. The molecule has 0 saturated heterocycles. The van der Waals surface area contributed by atoms with Crippen molar-refractivity contribution in [3.8, 4) is 5.75 Å². The van der Waals surface area contributed by atoms with Gasteiger partial charge < -0.3 is 20.5 Å². The van der Waals surface area contributed by atoms with E-state index in [2.05, 4.69) is 10.6 Å². The summed E-state index contributed by atoms with van der Waals surface area (Å²) in [7, 11) is 0. The Morgan fingerprint density at radius 3 is 2.60 bits per heavy atom. The summed E-state index contributed by atoms with van der Waals surface area (Å²) in [6.07, 6.45) is 0.697. The minimum Gasteiger partial charge on any atom is -0.492 e. The molecule has 0 aliphatic heterocycles. The second-order valence-corrected chi connectivity index (χ2v) is 5.93. The highest BCUT2D eigenvalue weighted by molar-refractivity contribution is 5.94. The van der Waals surface area contributed by atoms with Gasteiger partial charge in [-0.2, -0.15) is 0 Å². The molecule has 0 aliphatic rings. The number of aliphatic hydroxyl groups is 1. The highest BCUT2D eigenvalue weighted by Gasteiger charge is 2.10. The Hall–Kier alpha value is -2.53. The van der Waals surface area contributed by atoms with Crippen LogP contribution >= 0.6 is 0 Å². The minimum atomic E-state index is -0.205. The Bertz CT molecular complexity index is 667. The second kappa shape index (κ2) is 9.69. The maximum Gasteiger partial charge on any atom is 0.251 e. The zero-order valence-corrected chi connectivity index (χ0v) is 14.8. The normalized spacial score (nSPS) is 11.6. The van der Waals surface area contributed by atoms with Crippen LogP contribution < -0.4 is 15.4 Å². The van der Waals surface area contributed by atoms with Gasteiger partial charge in [-0.3, -0.25) is 4.79 Å². The van der Waals surface area contributed by atoms with E-state index in [0.29, 0.717) is 25.1 Å². The standard InChI is InChI=1S/C20H26N2O3/c1-3-17(14-23)22-20(24)16-7-9-18(10-8-16)21-11-12-25-19-6-4-5-15(2)13-19/h4-10,13,17,21,23H,3,11-12,14H2,1-2H3,(H,22,24). The lowest BCUT2D eigenvalue weighted by atomic mass is 10.1. The van der Waals surface area contributed by atoms with Crippen molar-refractivity contribution in [1.29, 1.82) is 0 Å². The number of carbonyl (C=O) groups is 1. The van der Waals surface area contributed by atoms with Gasteiger partial charge in [0, 0.05) is 17.8 Å². The molecule has 3 N–H and O–H groups in total. The van der Waals surface area contributed by atoms with Gasteiger partial charge >= 0.3 is 0 Å². The van der Waals surface area contributed by atoms with Crippen molar-refractivity contribution < 1.29 is 14.6 Å². The molecule has 0 bridgehead atoms. The minimum absolute atomic E-state index is 0.0528. The summed E-state index contributed by atoms with van der Waals surface area (Å²) in [5, 5.41) is 15.2. The molecule has 2 aromatic carbocycles. The number of aryl methyl sites for hydroxylation is 1. The first-order valence-corrected chi connectivity index (χ1v) is 8.57. The molecule has 0 spiro atoms. The molecule has 0 aliphatic carbocycles. The Morgan fingerprint density at radius 2 is 1.96 bits per heavy atom. The monoisotopic (exact) mass is 342 g/mol. The smallest absolute Gasteiger partial charge is 0.251 e. The first-order chi connectivity index (χ1) is 12.1. The molecule has 0 radical (unpaired) electrons. The van der Waals surface area contributed by atoms with Gasteiger partial charge in [0.05, 0.1) is 12.6 Å². The maximum absolute atomic E-state index is 12.1. The van der Waals surface area contributed by atoms with E-state index in [-0.39, 0.29) is 18.6 Å². The van der Waals surface area contributed by atoms with Crippen LogP contribution in [-0.4, -0.2) is 36.8 Å². The van der Waals surface area contributed by atoms with E-state index in [1.54, 1.807) is 12.1 Å². The van der Waals surface area contributed by atoms with E-state index in [1.807, 2.05) is 50.2 Å². The number of aliphatic hydroxyl groups excluding tert-OH is 1. The van der Waals surface area contributed by atoms with Gasteiger partial charge in [-0.05, 0) is 55.3 Å². The SMILES string of the molecule is CCC(CO)NC(=O)c1ccc(NCCOc2cccc(C)c2)cc1. The number of rotatable bonds is 9. The van der Waals surface area contributed by atoms with E-state index in [0.717, 1.165) is 11.4 Å². The van der Waals surface area contributed by atoms with Crippen molar-refractivity contribution in [3.63, 3.8) is 0 Å². The fourth-order valence-corrected chi connectivity index (χ4v) is 2.35. The molecule has 1 atom stereocenters. The number of amides is 1. The van der Waals surface area contributed by atoms with Crippen molar-refractivity contribution in [1.82, 2.24) is 5.32 Å². The van der Waals surface area contributed by atoms with Crippen molar-refractivity contribution >= 4 is 11.6 Å². The molecule has 134 valence electrons. The third-order valence-electron chi connectivity index (χ3n) is 3.88. The summed E-state index contributed by atoms with van der Waals surface area (Å²) in [6, 6.07) is 15.0. The number of hydrogen-bond acceptors (Lipinski definition) is 4. The van der Waals surface area contributed by atoms with Crippen LogP contribution in [-0.2, 0) is 0 Å². The summed E-state index contributed by atoms with van der Waals surface area (Å²) in [5.74, 6) is 0.693. The first kappa shape index (κ1) is 18.8. The van der Waals surface area contributed by atoms with Crippen LogP contribution in [0.4, 0.5) is 5.69 Å². The van der Waals surface area contributed by atoms with Gasteiger partial charge in [0.25, 0.3) is 5.91 Å². The first-order valence-electron chi connectivity index (χ1n) is 8.57. The molecule has 25 heavy (non-hydrogen) atoms. The Balaban J connectivity index is 1.77. The molecule has 1 amide bonds. The van der Waals surface area contributed by atoms with Crippen LogP contribution in [0.2, 0.25) is 0 Å². The number of ether oxygens (including phenoxy) is 1. The number of nitrogens with one attached hydrogen (secondary N) is 2. The van der Waals surface area contributed by atoms with Crippen molar-refractivity contribution in [2.24, 2.45) is 0 Å². The molecule has 0 heterocycles. The lowest BCUT2D eigenvalue weighted by Crippen LogP contribution is -2.36. The second-order valence-electron chi connectivity index (χ2n) is 5.93. The third-order valence-corrected chi connectivity index (χ3v) is 3.88. The molecule has 2 aromatic rings. The molecular formula is C20H26N2O3. The molecule has 0 saturated carbocycles. The molecule has 2 rings (SSSR count). The molecule has 1 unspecified atom stereocenters. The molecule has 5 heteroatoms. The predicted molar refractivity (Wildman–Crippen MR) is 100 cm³/mol. The predicted octanol–water partition coefficient (Wildman–Crippen LogP) is 2.99. The van der Waals surface area contributed by atoms with Crippen LogP contribution in [0.3, 0.4) is 0 Å². The van der Waals surface area contributed by atoms with Crippen LogP contribution in [0, 0.1) is 6.92 Å². The molecule has 5 nitrogen and oxygen atoms in total. The highest BCUT2D eigenvalue weighted by Crippen LogP contribution is 2.13. The van der Waals surface area contributed by atoms with Crippen LogP contribution in [0.1, 0.15) is 29.3 Å². The largest absolute Gasteiger partial charge is 0.492 e. The van der Waals surface area contributed by atoms with E-state index < -0.39 is 0 Å².